The monoisotopic (exact) mass is 342 g/mol. The number of hydrogen-bond donors (Lipinski definition) is 0. The van der Waals surface area contributed by atoms with E-state index in [0.717, 1.165) is 22.3 Å². The molecule has 3 aromatic heterocycles. The summed E-state index contributed by atoms with van der Waals surface area (Å²) in [7, 11) is 1.76. The van der Waals surface area contributed by atoms with Gasteiger partial charge in [0.25, 0.3) is 5.56 Å². The molecule has 0 N–H and O–H groups in total. The van der Waals surface area contributed by atoms with Gasteiger partial charge in [-0.2, -0.15) is 5.10 Å². The highest BCUT2D eigenvalue weighted by atomic mass is 16.1. The molecule has 0 amide bonds. The Bertz CT molecular complexity index is 1080. The molecule has 0 spiro atoms. The number of pyridine rings is 2. The van der Waals surface area contributed by atoms with E-state index in [1.807, 2.05) is 53.6 Å². The number of aryl methyl sites for hydroxylation is 1. The molecule has 1 aromatic carbocycles. The molecule has 0 saturated carbocycles. The van der Waals surface area contributed by atoms with Crippen molar-refractivity contribution in [3.63, 3.8) is 0 Å². The minimum absolute atomic E-state index is 0.0442. The Morgan fingerprint density at radius 1 is 0.923 bits per heavy atom. The van der Waals surface area contributed by atoms with E-state index in [2.05, 4.69) is 22.2 Å². The Hall–Kier alpha value is -3.47. The zero-order chi connectivity index (χ0) is 17.9. The summed E-state index contributed by atoms with van der Waals surface area (Å²) in [6.07, 6.45) is 9.18. The SMILES string of the molecule is Cn1cc(-c2cnn(Cc3ccccc3)c2)c(-c2ccncc2)cc1=O. The topological polar surface area (TPSA) is 52.7 Å². The highest BCUT2D eigenvalue weighted by Gasteiger charge is 2.12. The van der Waals surface area contributed by atoms with E-state index in [9.17, 15) is 4.79 Å². The van der Waals surface area contributed by atoms with E-state index in [1.165, 1.54) is 5.56 Å². The van der Waals surface area contributed by atoms with Gasteiger partial charge in [-0.1, -0.05) is 30.3 Å². The molecular weight excluding hydrogens is 324 g/mol. The van der Waals surface area contributed by atoms with Crippen LogP contribution in [0.25, 0.3) is 22.3 Å². The Kier molecular flexibility index (Phi) is 4.19. The number of benzene rings is 1. The number of nitrogens with zero attached hydrogens (tertiary/aromatic N) is 4. The summed E-state index contributed by atoms with van der Waals surface area (Å²) in [6, 6.07) is 15.7. The number of aromatic nitrogens is 4. The summed E-state index contributed by atoms with van der Waals surface area (Å²) in [5, 5.41) is 4.49. The molecule has 0 atom stereocenters. The highest BCUT2D eigenvalue weighted by Crippen LogP contribution is 2.30. The van der Waals surface area contributed by atoms with Crippen LogP contribution in [0.4, 0.5) is 0 Å². The van der Waals surface area contributed by atoms with Gasteiger partial charge >= 0.3 is 0 Å². The summed E-state index contributed by atoms with van der Waals surface area (Å²) in [4.78, 5) is 16.2. The van der Waals surface area contributed by atoms with E-state index in [4.69, 9.17) is 0 Å². The average Bonchev–Trinajstić information content (AvgIpc) is 3.13. The third kappa shape index (κ3) is 3.19. The van der Waals surface area contributed by atoms with Gasteiger partial charge < -0.3 is 4.57 Å². The fraction of sp³-hybridized carbons (Fsp3) is 0.0952. The van der Waals surface area contributed by atoms with Crippen LogP contribution in [0.5, 0.6) is 0 Å². The molecular formula is C21H18N4O. The number of rotatable bonds is 4. The summed E-state index contributed by atoms with van der Waals surface area (Å²) < 4.78 is 3.50. The van der Waals surface area contributed by atoms with Crippen molar-refractivity contribution in [3.05, 3.63) is 95.4 Å². The first-order chi connectivity index (χ1) is 12.7. The molecule has 0 fully saturated rings. The van der Waals surface area contributed by atoms with Gasteiger partial charge in [0.05, 0.1) is 12.7 Å². The highest BCUT2D eigenvalue weighted by molar-refractivity contribution is 5.82. The van der Waals surface area contributed by atoms with Gasteiger partial charge in [-0.3, -0.25) is 14.5 Å². The average molecular weight is 342 g/mol. The third-order valence-electron chi connectivity index (χ3n) is 4.35. The van der Waals surface area contributed by atoms with Gasteiger partial charge in [0.1, 0.15) is 0 Å². The minimum atomic E-state index is -0.0442. The Labute approximate surface area is 151 Å². The first-order valence-electron chi connectivity index (χ1n) is 8.38. The van der Waals surface area contributed by atoms with Crippen LogP contribution in [0.1, 0.15) is 5.56 Å². The minimum Gasteiger partial charge on any atom is -0.318 e. The van der Waals surface area contributed by atoms with E-state index in [-0.39, 0.29) is 5.56 Å². The fourth-order valence-corrected chi connectivity index (χ4v) is 2.99. The van der Waals surface area contributed by atoms with E-state index >= 15 is 0 Å². The largest absolute Gasteiger partial charge is 0.318 e. The molecule has 5 heteroatoms. The fourth-order valence-electron chi connectivity index (χ4n) is 2.99. The van der Waals surface area contributed by atoms with Crippen LogP contribution in [0, 0.1) is 0 Å². The van der Waals surface area contributed by atoms with E-state index < -0.39 is 0 Å². The first-order valence-corrected chi connectivity index (χ1v) is 8.38. The normalized spacial score (nSPS) is 10.8. The second-order valence-electron chi connectivity index (χ2n) is 6.20. The second-order valence-corrected chi connectivity index (χ2v) is 6.20. The van der Waals surface area contributed by atoms with Crippen molar-refractivity contribution in [2.45, 2.75) is 6.54 Å². The molecule has 5 nitrogen and oxygen atoms in total. The molecule has 0 aliphatic carbocycles. The van der Waals surface area contributed by atoms with Gasteiger partial charge in [-0.15, -0.1) is 0 Å². The van der Waals surface area contributed by atoms with Crippen molar-refractivity contribution in [2.75, 3.05) is 0 Å². The summed E-state index contributed by atoms with van der Waals surface area (Å²) in [6.45, 7) is 0.706. The van der Waals surface area contributed by atoms with E-state index in [1.54, 1.807) is 30.1 Å². The Balaban J connectivity index is 1.76. The second kappa shape index (κ2) is 6.80. The molecule has 4 rings (SSSR count). The van der Waals surface area contributed by atoms with Crippen LogP contribution in [-0.2, 0) is 13.6 Å². The van der Waals surface area contributed by atoms with Gasteiger partial charge in [-0.05, 0) is 28.8 Å². The summed E-state index contributed by atoms with van der Waals surface area (Å²) in [5.41, 5.74) is 4.94. The zero-order valence-corrected chi connectivity index (χ0v) is 14.4. The molecule has 128 valence electrons. The molecule has 0 radical (unpaired) electrons. The Morgan fingerprint density at radius 3 is 2.46 bits per heavy atom. The molecule has 0 unspecified atom stereocenters. The van der Waals surface area contributed by atoms with Crippen molar-refractivity contribution in [1.29, 1.82) is 0 Å². The quantitative estimate of drug-likeness (QED) is 0.571. The molecule has 0 aliphatic heterocycles. The van der Waals surface area contributed by atoms with Crippen LogP contribution in [0.3, 0.4) is 0 Å². The lowest BCUT2D eigenvalue weighted by Gasteiger charge is -2.10. The zero-order valence-electron chi connectivity index (χ0n) is 14.4. The molecule has 4 aromatic rings. The lowest BCUT2D eigenvalue weighted by atomic mass is 9.99. The maximum absolute atomic E-state index is 12.2. The molecule has 0 bridgehead atoms. The van der Waals surface area contributed by atoms with Crippen LogP contribution >= 0.6 is 0 Å². The predicted molar refractivity (Wildman–Crippen MR) is 102 cm³/mol. The van der Waals surface area contributed by atoms with Gasteiger partial charge in [0.2, 0.25) is 0 Å². The molecule has 0 aliphatic rings. The van der Waals surface area contributed by atoms with Crippen molar-refractivity contribution in [3.8, 4) is 22.3 Å². The third-order valence-corrected chi connectivity index (χ3v) is 4.35. The van der Waals surface area contributed by atoms with E-state index in [0.29, 0.717) is 6.54 Å². The smallest absolute Gasteiger partial charge is 0.250 e. The molecule has 26 heavy (non-hydrogen) atoms. The lowest BCUT2D eigenvalue weighted by molar-refractivity contribution is 0.687. The van der Waals surface area contributed by atoms with Crippen LogP contribution in [0.15, 0.2) is 84.3 Å². The van der Waals surface area contributed by atoms with Crippen molar-refractivity contribution < 1.29 is 0 Å². The predicted octanol–water partition coefficient (Wildman–Crippen LogP) is 3.36. The van der Waals surface area contributed by atoms with Crippen molar-refractivity contribution >= 4 is 0 Å². The molecule has 3 heterocycles. The van der Waals surface area contributed by atoms with Crippen LogP contribution in [0.2, 0.25) is 0 Å². The first kappa shape index (κ1) is 16.0. The van der Waals surface area contributed by atoms with Gasteiger partial charge in [0, 0.05) is 49.0 Å². The summed E-state index contributed by atoms with van der Waals surface area (Å²) in [5.74, 6) is 0. The van der Waals surface area contributed by atoms with Gasteiger partial charge in [0.15, 0.2) is 0 Å². The van der Waals surface area contributed by atoms with Crippen LogP contribution in [-0.4, -0.2) is 19.3 Å². The summed E-state index contributed by atoms with van der Waals surface area (Å²) >= 11 is 0. The van der Waals surface area contributed by atoms with Gasteiger partial charge in [-0.25, -0.2) is 0 Å². The maximum Gasteiger partial charge on any atom is 0.250 e. The maximum atomic E-state index is 12.2. The molecule has 0 saturated heterocycles. The van der Waals surface area contributed by atoms with Crippen LogP contribution < -0.4 is 5.56 Å². The van der Waals surface area contributed by atoms with Crippen molar-refractivity contribution in [2.24, 2.45) is 7.05 Å². The Morgan fingerprint density at radius 2 is 1.69 bits per heavy atom. The standard InChI is InChI=1S/C21H18N4O/c1-24-15-20(19(11-21(24)26)17-7-9-22-10-8-17)18-12-23-25(14-18)13-16-5-3-2-4-6-16/h2-12,14-15H,13H2,1H3. The number of hydrogen-bond acceptors (Lipinski definition) is 3. The van der Waals surface area contributed by atoms with Crippen molar-refractivity contribution in [1.82, 2.24) is 19.3 Å². The lowest BCUT2D eigenvalue weighted by Crippen LogP contribution is -2.15.